The van der Waals surface area contributed by atoms with Crippen LogP contribution in [0.2, 0.25) is 0 Å². The topological polar surface area (TPSA) is 0 Å². The van der Waals surface area contributed by atoms with Crippen LogP contribution >= 0.6 is 22.6 Å². The number of alkyl halides is 1. The predicted molar refractivity (Wildman–Crippen MR) is 102 cm³/mol. The van der Waals surface area contributed by atoms with Gasteiger partial charge in [0.05, 0.1) is 0 Å². The van der Waals surface area contributed by atoms with E-state index in [1.165, 1.54) is 49.4 Å². The summed E-state index contributed by atoms with van der Waals surface area (Å²) in [4.78, 5) is 0. The van der Waals surface area contributed by atoms with Crippen LogP contribution in [0.1, 0.15) is 63.0 Å². The number of benzene rings is 1. The van der Waals surface area contributed by atoms with Gasteiger partial charge in [0, 0.05) is 0 Å². The van der Waals surface area contributed by atoms with Crippen LogP contribution in [0, 0.1) is 30.5 Å². The second-order valence-corrected chi connectivity index (χ2v) is 8.31. The highest BCUT2D eigenvalue weighted by atomic mass is 127. The molecule has 1 unspecified atom stereocenters. The second kappa shape index (κ2) is 9.24. The Morgan fingerprint density at radius 3 is 2.55 bits per heavy atom. The molecule has 0 nitrogen and oxygen atoms in total. The van der Waals surface area contributed by atoms with E-state index >= 15 is 0 Å². The highest BCUT2D eigenvalue weighted by Gasteiger charge is 2.25. The van der Waals surface area contributed by atoms with Crippen LogP contribution in [-0.4, -0.2) is 4.43 Å². The monoisotopic (exact) mass is 416 g/mol. The first-order valence-electron chi connectivity index (χ1n) is 8.91. The third kappa shape index (κ3) is 5.50. The summed E-state index contributed by atoms with van der Waals surface area (Å²) >= 11 is 2.52. The summed E-state index contributed by atoms with van der Waals surface area (Å²) in [5, 5.41) is 0. The fourth-order valence-corrected chi connectivity index (χ4v) is 4.67. The van der Waals surface area contributed by atoms with Crippen molar-refractivity contribution in [3.8, 4) is 0 Å². The fourth-order valence-electron chi connectivity index (χ4n) is 3.87. The van der Waals surface area contributed by atoms with Crippen LogP contribution in [0.5, 0.6) is 0 Å². The molecule has 1 fully saturated rings. The zero-order chi connectivity index (χ0) is 15.9. The van der Waals surface area contributed by atoms with Crippen molar-refractivity contribution < 1.29 is 4.39 Å². The zero-order valence-electron chi connectivity index (χ0n) is 14.1. The normalized spacial score (nSPS) is 23.5. The average Bonchev–Trinajstić information content (AvgIpc) is 2.51. The molecule has 0 amide bonds. The van der Waals surface area contributed by atoms with Crippen LogP contribution in [0.3, 0.4) is 0 Å². The van der Waals surface area contributed by atoms with Gasteiger partial charge in [0.15, 0.2) is 0 Å². The van der Waals surface area contributed by atoms with Crippen molar-refractivity contribution in [1.82, 2.24) is 0 Å². The first-order chi connectivity index (χ1) is 10.6. The molecule has 1 saturated carbocycles. The van der Waals surface area contributed by atoms with Gasteiger partial charge in [-0.15, -0.1) is 0 Å². The lowest BCUT2D eigenvalue weighted by Crippen LogP contribution is -2.21. The van der Waals surface area contributed by atoms with Gasteiger partial charge < -0.3 is 0 Å². The highest BCUT2D eigenvalue weighted by Crippen LogP contribution is 2.37. The summed E-state index contributed by atoms with van der Waals surface area (Å²) in [5.74, 6) is 2.72. The Kier molecular flexibility index (Phi) is 7.66. The summed E-state index contributed by atoms with van der Waals surface area (Å²) in [6.07, 6.45) is 10.6. The number of hydrogen-bond acceptors (Lipinski definition) is 0. The average molecular weight is 416 g/mol. The summed E-state index contributed by atoms with van der Waals surface area (Å²) in [7, 11) is 0. The molecule has 124 valence electrons. The van der Waals surface area contributed by atoms with Crippen molar-refractivity contribution in [2.45, 2.75) is 65.2 Å². The largest absolute Gasteiger partial charge is 0.207 e. The van der Waals surface area contributed by atoms with Gasteiger partial charge in [0.1, 0.15) is 5.82 Å². The zero-order valence-corrected chi connectivity index (χ0v) is 16.2. The minimum absolute atomic E-state index is 0.0532. The van der Waals surface area contributed by atoms with E-state index in [1.807, 2.05) is 13.0 Å². The van der Waals surface area contributed by atoms with Crippen LogP contribution in [0.4, 0.5) is 4.39 Å². The number of hydrogen-bond donors (Lipinski definition) is 0. The van der Waals surface area contributed by atoms with Crippen molar-refractivity contribution in [2.24, 2.45) is 17.8 Å². The summed E-state index contributed by atoms with van der Waals surface area (Å²) in [6, 6.07) is 5.73. The standard InChI is InChI=1S/C20H30FI/c1-15-6-10-19(11-7-15)18(12-13-22)5-3-4-17-9-8-16(2)20(21)14-17/h8-9,14-15,18-19H,3-7,10-13H2,1-2H3. The van der Waals surface area contributed by atoms with Crippen LogP contribution in [0.25, 0.3) is 0 Å². The Labute approximate surface area is 149 Å². The van der Waals surface area contributed by atoms with Gasteiger partial charge in [-0.3, -0.25) is 0 Å². The van der Waals surface area contributed by atoms with Gasteiger partial charge in [0.2, 0.25) is 0 Å². The minimum Gasteiger partial charge on any atom is -0.207 e. The van der Waals surface area contributed by atoms with Crippen molar-refractivity contribution in [3.63, 3.8) is 0 Å². The number of halogens is 2. The van der Waals surface area contributed by atoms with Gasteiger partial charge in [-0.25, -0.2) is 4.39 Å². The molecule has 0 spiro atoms. The maximum atomic E-state index is 13.6. The quantitative estimate of drug-likeness (QED) is 0.342. The van der Waals surface area contributed by atoms with E-state index < -0.39 is 0 Å². The first-order valence-corrected chi connectivity index (χ1v) is 10.4. The van der Waals surface area contributed by atoms with E-state index in [4.69, 9.17) is 0 Å². The van der Waals surface area contributed by atoms with E-state index in [0.29, 0.717) is 0 Å². The lowest BCUT2D eigenvalue weighted by atomic mass is 9.74. The van der Waals surface area contributed by atoms with Gasteiger partial charge in [-0.2, -0.15) is 0 Å². The first kappa shape index (κ1) is 18.2. The molecule has 0 radical (unpaired) electrons. The Bertz CT molecular complexity index is 449. The molecular formula is C20H30FI. The maximum Gasteiger partial charge on any atom is 0.126 e. The Hall–Kier alpha value is -0.120. The molecule has 0 aliphatic heterocycles. The maximum absolute atomic E-state index is 13.6. The van der Waals surface area contributed by atoms with Gasteiger partial charge in [-0.1, -0.05) is 54.5 Å². The van der Waals surface area contributed by atoms with Gasteiger partial charge in [-0.05, 0) is 84.8 Å². The molecule has 0 aromatic heterocycles. The van der Waals surface area contributed by atoms with Gasteiger partial charge in [0.25, 0.3) is 0 Å². The van der Waals surface area contributed by atoms with Crippen molar-refractivity contribution in [3.05, 3.63) is 35.1 Å². The lowest BCUT2D eigenvalue weighted by Gasteiger charge is -2.32. The molecule has 1 aliphatic carbocycles. The SMILES string of the molecule is Cc1ccc(CCCC(CCI)C2CCC(C)CC2)cc1F. The third-order valence-electron chi connectivity index (χ3n) is 5.48. The van der Waals surface area contributed by atoms with Gasteiger partial charge >= 0.3 is 0 Å². The Balaban J connectivity index is 1.82. The van der Waals surface area contributed by atoms with Crippen molar-refractivity contribution in [1.29, 1.82) is 0 Å². The highest BCUT2D eigenvalue weighted by molar-refractivity contribution is 14.1. The molecular weight excluding hydrogens is 386 g/mol. The summed E-state index contributed by atoms with van der Waals surface area (Å²) in [6.45, 7) is 4.23. The molecule has 2 heteroatoms. The Morgan fingerprint density at radius 2 is 1.91 bits per heavy atom. The molecule has 1 aliphatic rings. The molecule has 0 bridgehead atoms. The summed E-state index contributed by atoms with van der Waals surface area (Å²) in [5.41, 5.74) is 1.91. The van der Waals surface area contributed by atoms with E-state index in [9.17, 15) is 4.39 Å². The molecule has 0 saturated heterocycles. The van der Waals surface area contributed by atoms with E-state index in [1.54, 1.807) is 6.07 Å². The van der Waals surface area contributed by atoms with E-state index in [0.717, 1.165) is 35.3 Å². The Morgan fingerprint density at radius 1 is 1.18 bits per heavy atom. The van der Waals surface area contributed by atoms with E-state index in [2.05, 4.69) is 35.6 Å². The molecule has 22 heavy (non-hydrogen) atoms. The molecule has 0 heterocycles. The molecule has 1 aromatic rings. The van der Waals surface area contributed by atoms with Crippen molar-refractivity contribution in [2.75, 3.05) is 4.43 Å². The third-order valence-corrected chi connectivity index (χ3v) is 6.11. The molecule has 1 atom stereocenters. The van der Waals surface area contributed by atoms with Crippen LogP contribution < -0.4 is 0 Å². The number of aryl methyl sites for hydroxylation is 2. The fraction of sp³-hybridized carbons (Fsp3) is 0.700. The smallest absolute Gasteiger partial charge is 0.126 e. The second-order valence-electron chi connectivity index (χ2n) is 7.23. The molecule has 0 N–H and O–H groups in total. The summed E-state index contributed by atoms with van der Waals surface area (Å²) < 4.78 is 14.9. The van der Waals surface area contributed by atoms with Crippen LogP contribution in [0.15, 0.2) is 18.2 Å². The van der Waals surface area contributed by atoms with Crippen LogP contribution in [-0.2, 0) is 6.42 Å². The molecule has 2 rings (SSSR count). The number of rotatable bonds is 7. The minimum atomic E-state index is -0.0532. The lowest BCUT2D eigenvalue weighted by molar-refractivity contribution is 0.198. The predicted octanol–water partition coefficient (Wildman–Crippen LogP) is 6.72. The van der Waals surface area contributed by atoms with Crippen molar-refractivity contribution >= 4 is 22.6 Å². The molecule has 1 aromatic carbocycles. The van der Waals surface area contributed by atoms with E-state index in [-0.39, 0.29) is 5.82 Å².